The van der Waals surface area contributed by atoms with E-state index in [4.69, 9.17) is 18.9 Å². The third kappa shape index (κ3) is 4.83. The lowest BCUT2D eigenvalue weighted by atomic mass is 10.2. The molecule has 5 nitrogen and oxygen atoms in total. The van der Waals surface area contributed by atoms with Crippen molar-refractivity contribution in [2.24, 2.45) is 0 Å². The van der Waals surface area contributed by atoms with Crippen LogP contribution in [0.2, 0.25) is 0 Å². The van der Waals surface area contributed by atoms with Crippen molar-refractivity contribution >= 4 is 6.16 Å². The highest BCUT2D eigenvalue weighted by Gasteiger charge is 2.49. The molecule has 1 aliphatic rings. The fraction of sp³-hybridized carbons (Fsp3) is 0.533. The van der Waals surface area contributed by atoms with Crippen molar-refractivity contribution in [3.8, 4) is 0 Å². The van der Waals surface area contributed by atoms with Crippen LogP contribution < -0.4 is 0 Å². The van der Waals surface area contributed by atoms with Crippen molar-refractivity contribution in [1.82, 2.24) is 0 Å². The summed E-state index contributed by atoms with van der Waals surface area (Å²) in [4.78, 5) is 11.2. The zero-order chi connectivity index (χ0) is 14.3. The molecule has 1 fully saturated rings. The van der Waals surface area contributed by atoms with Gasteiger partial charge in [0.2, 0.25) is 5.79 Å². The molecule has 0 radical (unpaired) electrons. The number of carbonyl (C=O) groups excluding carboxylic acids is 1. The Bertz CT molecular complexity index is 414. The minimum Gasteiger partial charge on any atom is -0.435 e. The summed E-state index contributed by atoms with van der Waals surface area (Å²) in [7, 11) is 0. The van der Waals surface area contributed by atoms with Gasteiger partial charge < -0.3 is 18.9 Å². The average Bonchev–Trinajstić information content (AvgIpc) is 3.19. The highest BCUT2D eigenvalue weighted by atomic mass is 16.8. The molecule has 1 saturated heterocycles. The Morgan fingerprint density at radius 3 is 2.75 bits per heavy atom. The molecule has 110 valence electrons. The summed E-state index contributed by atoms with van der Waals surface area (Å²) in [6.07, 6.45) is 0.725. The van der Waals surface area contributed by atoms with Crippen LogP contribution in [0.15, 0.2) is 30.3 Å². The summed E-state index contributed by atoms with van der Waals surface area (Å²) in [5.74, 6) is -0.775. The Balaban J connectivity index is 1.58. The van der Waals surface area contributed by atoms with E-state index < -0.39 is 11.9 Å². The van der Waals surface area contributed by atoms with Gasteiger partial charge in [-0.2, -0.15) is 0 Å². The van der Waals surface area contributed by atoms with E-state index in [0.717, 1.165) is 12.0 Å². The summed E-state index contributed by atoms with van der Waals surface area (Å²) in [5, 5.41) is 0. The maximum atomic E-state index is 11.2. The number of hydrogen-bond acceptors (Lipinski definition) is 5. The monoisotopic (exact) mass is 280 g/mol. The van der Waals surface area contributed by atoms with Crippen LogP contribution >= 0.6 is 0 Å². The van der Waals surface area contributed by atoms with E-state index in [2.05, 4.69) is 0 Å². The number of ether oxygens (including phenoxy) is 4. The average molecular weight is 280 g/mol. The Morgan fingerprint density at radius 1 is 1.35 bits per heavy atom. The molecule has 1 heterocycles. The van der Waals surface area contributed by atoms with Gasteiger partial charge in [0.1, 0.15) is 6.61 Å². The normalized spacial score (nSPS) is 20.4. The van der Waals surface area contributed by atoms with E-state index in [-0.39, 0.29) is 0 Å². The zero-order valence-corrected chi connectivity index (χ0v) is 11.7. The lowest BCUT2D eigenvalue weighted by Crippen LogP contribution is -2.22. The highest BCUT2D eigenvalue weighted by molar-refractivity contribution is 5.60. The molecule has 1 atom stereocenters. The maximum Gasteiger partial charge on any atom is 0.510 e. The Morgan fingerprint density at radius 2 is 2.10 bits per heavy atom. The van der Waals surface area contributed by atoms with E-state index in [0.29, 0.717) is 32.8 Å². The molecule has 20 heavy (non-hydrogen) atoms. The van der Waals surface area contributed by atoms with E-state index in [1.807, 2.05) is 30.3 Å². The molecule has 0 N–H and O–H groups in total. The van der Waals surface area contributed by atoms with Gasteiger partial charge in [0.05, 0.1) is 13.2 Å². The third-order valence-corrected chi connectivity index (χ3v) is 2.96. The van der Waals surface area contributed by atoms with Crippen molar-refractivity contribution < 1.29 is 23.7 Å². The first-order valence-electron chi connectivity index (χ1n) is 6.85. The van der Waals surface area contributed by atoms with Crippen LogP contribution in [0.5, 0.6) is 0 Å². The first-order valence-corrected chi connectivity index (χ1v) is 6.85. The first-order chi connectivity index (χ1) is 9.74. The number of carbonyl (C=O) groups is 1. The van der Waals surface area contributed by atoms with Crippen LogP contribution in [-0.2, 0) is 25.6 Å². The van der Waals surface area contributed by atoms with Gasteiger partial charge in [0, 0.05) is 13.0 Å². The molecule has 1 aliphatic heterocycles. The standard InChI is InChI=1S/C15H20O5/c1-2-18-14(16)20-15(12-19-15)9-6-10-17-11-13-7-4-3-5-8-13/h3-5,7-8H,2,6,9-12H2,1H3. The Kier molecular flexibility index (Phi) is 5.38. The smallest absolute Gasteiger partial charge is 0.435 e. The summed E-state index contributed by atoms with van der Waals surface area (Å²) >= 11 is 0. The van der Waals surface area contributed by atoms with Gasteiger partial charge in [-0.05, 0) is 18.9 Å². The summed E-state index contributed by atoms with van der Waals surface area (Å²) < 4.78 is 20.6. The van der Waals surface area contributed by atoms with Gasteiger partial charge >= 0.3 is 6.16 Å². The fourth-order valence-corrected chi connectivity index (χ4v) is 1.84. The van der Waals surface area contributed by atoms with Gasteiger partial charge in [-0.15, -0.1) is 0 Å². The minimum absolute atomic E-state index is 0.301. The SMILES string of the molecule is CCOC(=O)OC1(CCCOCc2ccccc2)CO1. The maximum absolute atomic E-state index is 11.2. The van der Waals surface area contributed by atoms with Crippen LogP contribution in [0.1, 0.15) is 25.3 Å². The number of epoxide rings is 1. The van der Waals surface area contributed by atoms with Crippen LogP contribution in [-0.4, -0.2) is 31.8 Å². The lowest BCUT2D eigenvalue weighted by Gasteiger charge is -2.12. The van der Waals surface area contributed by atoms with Crippen molar-refractivity contribution in [3.63, 3.8) is 0 Å². The van der Waals surface area contributed by atoms with E-state index in [1.165, 1.54) is 0 Å². The number of rotatable bonds is 8. The second-order valence-electron chi connectivity index (χ2n) is 4.63. The van der Waals surface area contributed by atoms with Crippen molar-refractivity contribution in [3.05, 3.63) is 35.9 Å². The summed E-state index contributed by atoms with van der Waals surface area (Å²) in [6.45, 7) is 3.67. The number of hydrogen-bond donors (Lipinski definition) is 0. The molecular weight excluding hydrogens is 260 g/mol. The molecule has 1 aromatic rings. The molecule has 1 aromatic carbocycles. The zero-order valence-electron chi connectivity index (χ0n) is 11.7. The van der Waals surface area contributed by atoms with E-state index in [1.54, 1.807) is 6.92 Å². The van der Waals surface area contributed by atoms with Crippen LogP contribution in [0.4, 0.5) is 4.79 Å². The van der Waals surface area contributed by atoms with Gasteiger partial charge in [-0.25, -0.2) is 4.79 Å². The quantitative estimate of drug-likeness (QED) is 0.416. The Labute approximate surface area is 118 Å². The lowest BCUT2D eigenvalue weighted by molar-refractivity contribution is -0.0413. The Hall–Kier alpha value is -1.59. The fourth-order valence-electron chi connectivity index (χ4n) is 1.84. The predicted molar refractivity (Wildman–Crippen MR) is 72.1 cm³/mol. The van der Waals surface area contributed by atoms with Gasteiger partial charge in [0.15, 0.2) is 0 Å². The molecule has 0 spiro atoms. The van der Waals surface area contributed by atoms with Gasteiger partial charge in [-0.1, -0.05) is 30.3 Å². The van der Waals surface area contributed by atoms with Gasteiger partial charge in [-0.3, -0.25) is 0 Å². The predicted octanol–water partition coefficient (Wildman–Crippen LogP) is 2.88. The molecule has 2 rings (SSSR count). The van der Waals surface area contributed by atoms with Crippen LogP contribution in [0, 0.1) is 0 Å². The largest absolute Gasteiger partial charge is 0.510 e. The molecule has 5 heteroatoms. The van der Waals surface area contributed by atoms with Crippen LogP contribution in [0.3, 0.4) is 0 Å². The highest BCUT2D eigenvalue weighted by Crippen LogP contribution is 2.34. The van der Waals surface area contributed by atoms with Crippen LogP contribution in [0.25, 0.3) is 0 Å². The third-order valence-electron chi connectivity index (χ3n) is 2.96. The molecule has 0 amide bonds. The first kappa shape index (κ1) is 14.8. The van der Waals surface area contributed by atoms with E-state index >= 15 is 0 Å². The summed E-state index contributed by atoms with van der Waals surface area (Å²) in [6, 6.07) is 9.99. The molecular formula is C15H20O5. The second kappa shape index (κ2) is 7.26. The second-order valence-corrected chi connectivity index (χ2v) is 4.63. The molecule has 0 bridgehead atoms. The summed E-state index contributed by atoms with van der Waals surface area (Å²) in [5.41, 5.74) is 1.15. The molecule has 1 unspecified atom stereocenters. The van der Waals surface area contributed by atoms with Gasteiger partial charge in [0.25, 0.3) is 0 Å². The topological polar surface area (TPSA) is 57.3 Å². The molecule has 0 aliphatic carbocycles. The molecule has 0 aromatic heterocycles. The minimum atomic E-state index is -0.775. The van der Waals surface area contributed by atoms with E-state index in [9.17, 15) is 4.79 Å². The van der Waals surface area contributed by atoms with Crippen molar-refractivity contribution in [2.45, 2.75) is 32.2 Å². The van der Waals surface area contributed by atoms with Crippen molar-refractivity contribution in [2.75, 3.05) is 19.8 Å². The number of benzene rings is 1. The molecule has 0 saturated carbocycles. The van der Waals surface area contributed by atoms with Crippen molar-refractivity contribution in [1.29, 1.82) is 0 Å².